The standard InChI is InChI=1S/C20H28N4O2.C12H11ClN2O5S/c1-3-5-23-16-15(17(25)24(6-4-2)19(23)26)21-18(22-16)20-10-12-7-13(11-20)9-14(20)8-12;13-9-5-10(15-6-7-2-1-3-20-7)8(12(16)17)4-11(9)21(14,18)19/h12-14H,3-11H2,1-2H3,(H,21,22);1-5,15H,6H2,(H,16,17)(H2,14,18,19). The molecule has 4 aliphatic carbocycles. The smallest absolute Gasteiger partial charge is 0.337 e. The summed E-state index contributed by atoms with van der Waals surface area (Å²) in [6.07, 6.45) is 9.51. The lowest BCUT2D eigenvalue weighted by molar-refractivity contribution is 0.0697. The average molecular weight is 687 g/mol. The number of anilines is 1. The summed E-state index contributed by atoms with van der Waals surface area (Å²) in [6.45, 7) is 5.33. The van der Waals surface area contributed by atoms with Crippen LogP contribution in [0.15, 0.2) is 49.4 Å². The van der Waals surface area contributed by atoms with Gasteiger partial charge in [0.15, 0.2) is 5.65 Å². The lowest BCUT2D eigenvalue weighted by Crippen LogP contribution is -2.40. The van der Waals surface area contributed by atoms with E-state index in [0.717, 1.165) is 36.6 Å². The topological polar surface area (TPSA) is 195 Å². The van der Waals surface area contributed by atoms with Crippen LogP contribution in [-0.4, -0.2) is 38.6 Å². The number of aromatic amines is 1. The number of fused-ring (bicyclic) bond motifs is 1. The zero-order chi connectivity index (χ0) is 33.7. The fourth-order valence-electron chi connectivity index (χ4n) is 8.12. The largest absolute Gasteiger partial charge is 0.478 e. The van der Waals surface area contributed by atoms with Gasteiger partial charge in [-0.05, 0) is 87.0 Å². The summed E-state index contributed by atoms with van der Waals surface area (Å²) in [4.78, 5) is 45.0. The zero-order valence-corrected chi connectivity index (χ0v) is 27.9. The highest BCUT2D eigenvalue weighted by Gasteiger charge is 2.59. The number of H-pyrrole nitrogens is 1. The van der Waals surface area contributed by atoms with E-state index in [1.54, 1.807) is 16.7 Å². The zero-order valence-electron chi connectivity index (χ0n) is 26.3. The van der Waals surface area contributed by atoms with Crippen LogP contribution >= 0.6 is 11.6 Å². The van der Waals surface area contributed by atoms with Gasteiger partial charge in [-0.1, -0.05) is 25.4 Å². The van der Waals surface area contributed by atoms with Gasteiger partial charge in [-0.15, -0.1) is 0 Å². The molecule has 0 aliphatic heterocycles. The van der Waals surface area contributed by atoms with Crippen LogP contribution in [0.4, 0.5) is 5.69 Å². The molecule has 4 aliphatic rings. The first-order chi connectivity index (χ1) is 22.4. The molecule has 0 saturated heterocycles. The van der Waals surface area contributed by atoms with Crippen molar-refractivity contribution in [2.24, 2.45) is 22.9 Å². The minimum absolute atomic E-state index is 0.127. The van der Waals surface area contributed by atoms with Crippen LogP contribution in [0.5, 0.6) is 0 Å². The fourth-order valence-corrected chi connectivity index (χ4v) is 9.22. The van der Waals surface area contributed by atoms with Crippen molar-refractivity contribution in [3.8, 4) is 0 Å². The van der Waals surface area contributed by atoms with E-state index >= 15 is 0 Å². The van der Waals surface area contributed by atoms with Gasteiger partial charge in [-0.3, -0.25) is 13.9 Å². The number of nitrogens with one attached hydrogen (secondary N) is 2. The van der Waals surface area contributed by atoms with Crippen LogP contribution in [-0.2, 0) is 35.1 Å². The number of sulfonamides is 1. The van der Waals surface area contributed by atoms with Gasteiger partial charge in [0.2, 0.25) is 10.0 Å². The summed E-state index contributed by atoms with van der Waals surface area (Å²) in [5.41, 5.74) is 0.728. The molecule has 8 rings (SSSR count). The number of furan rings is 1. The number of carbonyl (C=O) groups is 1. The highest BCUT2D eigenvalue weighted by Crippen LogP contribution is 2.65. The normalized spacial score (nSPS) is 22.9. The molecule has 4 saturated carbocycles. The molecule has 3 heterocycles. The fraction of sp³-hybridized carbons (Fsp3) is 0.500. The summed E-state index contributed by atoms with van der Waals surface area (Å²) in [7, 11) is -4.11. The first kappa shape index (κ1) is 33.0. The summed E-state index contributed by atoms with van der Waals surface area (Å²) < 4.78 is 30.9. The molecule has 2 unspecified atom stereocenters. The molecule has 3 aromatic heterocycles. The third-order valence-electron chi connectivity index (χ3n) is 9.86. The number of halogens is 1. The summed E-state index contributed by atoms with van der Waals surface area (Å²) in [5, 5.41) is 16.8. The van der Waals surface area contributed by atoms with E-state index in [-0.39, 0.29) is 39.5 Å². The Morgan fingerprint density at radius 1 is 1.15 bits per heavy atom. The van der Waals surface area contributed by atoms with Gasteiger partial charge in [0.1, 0.15) is 22.0 Å². The Bertz CT molecular complexity index is 2040. The molecule has 4 aromatic rings. The van der Waals surface area contributed by atoms with Crippen LogP contribution < -0.4 is 21.7 Å². The van der Waals surface area contributed by atoms with E-state index in [4.69, 9.17) is 31.2 Å². The lowest BCUT2D eigenvalue weighted by Gasteiger charge is -2.30. The van der Waals surface area contributed by atoms with Crippen molar-refractivity contribution in [3.05, 3.63) is 73.5 Å². The van der Waals surface area contributed by atoms with Crippen molar-refractivity contribution in [1.29, 1.82) is 0 Å². The summed E-state index contributed by atoms with van der Waals surface area (Å²) in [5.74, 6) is 2.62. The molecular weight excluding hydrogens is 648 g/mol. The van der Waals surface area contributed by atoms with Crippen LogP contribution in [0.25, 0.3) is 11.2 Å². The van der Waals surface area contributed by atoms with Crippen molar-refractivity contribution in [1.82, 2.24) is 19.1 Å². The quantitative estimate of drug-likeness (QED) is 0.183. The van der Waals surface area contributed by atoms with Crippen LogP contribution in [0.2, 0.25) is 5.02 Å². The SMILES string of the molecule is CCCn1c(=O)c2[nH]c(C34CC5CC(CC3C5)C4)nc2n(CCC)c1=O.NS(=O)(=O)c1cc(C(=O)O)c(NCc2ccco2)cc1Cl. The maximum absolute atomic E-state index is 13.0. The number of carboxylic acid groups (broad SMARTS) is 1. The van der Waals surface area contributed by atoms with Gasteiger partial charge in [0.25, 0.3) is 5.56 Å². The van der Waals surface area contributed by atoms with E-state index in [2.05, 4.69) is 17.2 Å². The monoisotopic (exact) mass is 686 g/mol. The third kappa shape index (κ3) is 6.02. The maximum Gasteiger partial charge on any atom is 0.337 e. The Labute approximate surface area is 276 Å². The van der Waals surface area contributed by atoms with Crippen molar-refractivity contribution in [2.45, 2.75) is 88.7 Å². The van der Waals surface area contributed by atoms with Crippen molar-refractivity contribution >= 4 is 44.4 Å². The van der Waals surface area contributed by atoms with Crippen molar-refractivity contribution in [2.75, 3.05) is 5.32 Å². The molecule has 4 fully saturated rings. The average Bonchev–Trinajstić information content (AvgIpc) is 3.79. The molecule has 13 nitrogen and oxygen atoms in total. The number of primary sulfonamides is 1. The molecule has 5 N–H and O–H groups in total. The van der Waals surface area contributed by atoms with E-state index in [0.29, 0.717) is 35.9 Å². The number of aromatic nitrogens is 4. The van der Waals surface area contributed by atoms with Gasteiger partial charge in [0, 0.05) is 18.5 Å². The van der Waals surface area contributed by atoms with E-state index < -0.39 is 20.9 Å². The van der Waals surface area contributed by atoms with Crippen LogP contribution in [0.1, 0.15) is 80.7 Å². The second kappa shape index (κ2) is 12.6. The number of carboxylic acids is 1. The number of hydrogen-bond donors (Lipinski definition) is 4. The molecule has 47 heavy (non-hydrogen) atoms. The molecular formula is C32H39ClN6O7S. The van der Waals surface area contributed by atoms with Gasteiger partial charge >= 0.3 is 11.7 Å². The minimum atomic E-state index is -4.11. The number of hydrogen-bond acceptors (Lipinski definition) is 8. The number of nitrogens with two attached hydrogens (primary N) is 1. The predicted molar refractivity (Wildman–Crippen MR) is 176 cm³/mol. The number of rotatable bonds is 10. The van der Waals surface area contributed by atoms with Crippen molar-refractivity contribution in [3.63, 3.8) is 0 Å². The number of aryl methyl sites for hydroxylation is 1. The first-order valence-corrected chi connectivity index (χ1v) is 17.9. The van der Waals surface area contributed by atoms with Crippen LogP contribution in [0.3, 0.4) is 0 Å². The number of aromatic carboxylic acids is 1. The van der Waals surface area contributed by atoms with Gasteiger partial charge in [-0.2, -0.15) is 0 Å². The van der Waals surface area contributed by atoms with Crippen molar-refractivity contribution < 1.29 is 22.7 Å². The molecule has 0 radical (unpaired) electrons. The summed E-state index contributed by atoms with van der Waals surface area (Å²) >= 11 is 5.84. The number of nitrogens with zero attached hydrogens (tertiary/aromatic N) is 3. The maximum atomic E-state index is 13.0. The Morgan fingerprint density at radius 3 is 2.43 bits per heavy atom. The summed E-state index contributed by atoms with van der Waals surface area (Å²) in [6, 6.07) is 5.51. The minimum Gasteiger partial charge on any atom is -0.478 e. The van der Waals surface area contributed by atoms with E-state index in [1.807, 2.05) is 6.92 Å². The Kier molecular flexibility index (Phi) is 8.87. The highest BCUT2D eigenvalue weighted by molar-refractivity contribution is 7.89. The van der Waals surface area contributed by atoms with Gasteiger partial charge in [0.05, 0.1) is 29.1 Å². The Balaban J connectivity index is 0.000000169. The predicted octanol–water partition coefficient (Wildman–Crippen LogP) is 4.67. The van der Waals surface area contributed by atoms with Gasteiger partial charge < -0.3 is 19.8 Å². The van der Waals surface area contributed by atoms with Gasteiger partial charge in [-0.25, -0.2) is 28.1 Å². The first-order valence-electron chi connectivity index (χ1n) is 16.0. The molecule has 0 amide bonds. The molecule has 2 atom stereocenters. The second-order valence-corrected chi connectivity index (χ2v) is 14.9. The second-order valence-electron chi connectivity index (χ2n) is 13.0. The third-order valence-corrected chi connectivity index (χ3v) is 11.2. The molecule has 15 heteroatoms. The number of benzene rings is 1. The van der Waals surface area contributed by atoms with Crippen LogP contribution in [0, 0.1) is 17.8 Å². The molecule has 252 valence electrons. The Morgan fingerprint density at radius 2 is 1.83 bits per heavy atom. The number of imidazole rings is 1. The lowest BCUT2D eigenvalue weighted by atomic mass is 9.75. The van der Waals surface area contributed by atoms with E-state index in [1.165, 1.54) is 49.0 Å². The Hall–Kier alpha value is -3.88. The molecule has 4 bridgehead atoms. The van der Waals surface area contributed by atoms with E-state index in [9.17, 15) is 22.8 Å². The molecule has 1 aromatic carbocycles. The molecule has 0 spiro atoms. The highest BCUT2D eigenvalue weighted by atomic mass is 35.5.